The molecular formula is C32H27F7N2O3. The molecule has 5 nitrogen and oxygen atoms in total. The van der Waals surface area contributed by atoms with Gasteiger partial charge in [0.25, 0.3) is 5.91 Å². The molecule has 3 aromatic rings. The van der Waals surface area contributed by atoms with Crippen molar-refractivity contribution < 1.29 is 45.1 Å². The van der Waals surface area contributed by atoms with Gasteiger partial charge in [0, 0.05) is 29.3 Å². The molecule has 0 unspecified atom stereocenters. The van der Waals surface area contributed by atoms with Crippen LogP contribution in [0.1, 0.15) is 39.9 Å². The zero-order valence-corrected chi connectivity index (χ0v) is 23.6. The minimum absolute atomic E-state index is 0.0160. The monoisotopic (exact) mass is 620 g/mol. The Morgan fingerprint density at radius 2 is 1.41 bits per heavy atom. The number of Topliss-reactive ketones (excluding diaryl/α,β-unsaturated/α-hetero) is 1. The molecule has 12 heteroatoms. The number of amides is 1. The first-order chi connectivity index (χ1) is 20.7. The van der Waals surface area contributed by atoms with Crippen molar-refractivity contribution >= 4 is 23.8 Å². The average molecular weight is 621 g/mol. The fourth-order valence-electron chi connectivity index (χ4n) is 4.58. The lowest BCUT2D eigenvalue weighted by Gasteiger charge is -2.27. The van der Waals surface area contributed by atoms with Crippen LogP contribution in [0.2, 0.25) is 0 Å². The molecule has 3 aromatic carbocycles. The molecule has 0 aromatic heterocycles. The van der Waals surface area contributed by atoms with Crippen LogP contribution in [0.25, 0.3) is 12.2 Å². The third kappa shape index (κ3) is 8.13. The summed E-state index contributed by atoms with van der Waals surface area (Å²) in [5.74, 6) is -6.35. The van der Waals surface area contributed by atoms with E-state index in [0.29, 0.717) is 12.6 Å². The molecule has 0 heterocycles. The molecule has 1 saturated carbocycles. The number of halogens is 7. The number of hydrogen-bond acceptors (Lipinski definition) is 4. The predicted octanol–water partition coefficient (Wildman–Crippen LogP) is 6.83. The largest absolute Gasteiger partial charge is 0.492 e. The van der Waals surface area contributed by atoms with Crippen LogP contribution in [0.4, 0.5) is 30.7 Å². The first kappa shape index (κ1) is 32.5. The molecule has 0 bridgehead atoms. The van der Waals surface area contributed by atoms with E-state index in [2.05, 4.69) is 5.32 Å². The number of carbonyl (C=O) groups excluding carboxylic acids is 2. The molecule has 44 heavy (non-hydrogen) atoms. The molecule has 1 aliphatic rings. The Kier molecular flexibility index (Phi) is 9.93. The maximum atomic E-state index is 13.8. The zero-order valence-electron chi connectivity index (χ0n) is 23.6. The molecule has 4 rings (SSSR count). The van der Waals surface area contributed by atoms with Crippen molar-refractivity contribution in [1.29, 1.82) is 0 Å². The third-order valence-corrected chi connectivity index (χ3v) is 6.76. The second kappa shape index (κ2) is 13.5. The number of benzene rings is 3. The first-order valence-corrected chi connectivity index (χ1v) is 13.4. The summed E-state index contributed by atoms with van der Waals surface area (Å²) in [4.78, 5) is 28.2. The van der Waals surface area contributed by atoms with Crippen LogP contribution >= 0.6 is 0 Å². The molecule has 1 N–H and O–H groups in total. The van der Waals surface area contributed by atoms with Gasteiger partial charge < -0.3 is 15.0 Å². The second-order valence-corrected chi connectivity index (χ2v) is 10.5. The van der Waals surface area contributed by atoms with Gasteiger partial charge in [-0.2, -0.15) is 13.2 Å². The van der Waals surface area contributed by atoms with Gasteiger partial charge in [0.1, 0.15) is 12.4 Å². The zero-order chi connectivity index (χ0) is 32.2. The molecule has 232 valence electrons. The highest BCUT2D eigenvalue weighted by Gasteiger charge is 2.36. The van der Waals surface area contributed by atoms with Crippen molar-refractivity contribution in [2.75, 3.05) is 27.2 Å². The standard InChI is InChI=1S/C32H27F7N2O3/c1-41(2)9-10-44-29-8-5-20(17-24(29)32(37,38)39)31(43)40-23-15-21(11-18-3-6-25(33)27(35)13-18)30(42)22(16-23)12-19-4-7-26(34)28(36)14-19/h3-8,11-14,17,23H,9-10,15-16H2,1-2H3,(H,40,43). The predicted molar refractivity (Wildman–Crippen MR) is 150 cm³/mol. The van der Waals surface area contributed by atoms with E-state index in [1.54, 1.807) is 19.0 Å². The fraction of sp³-hybridized carbons (Fsp3) is 0.250. The average Bonchev–Trinajstić information content (AvgIpc) is 2.94. The highest BCUT2D eigenvalue weighted by atomic mass is 19.4. The summed E-state index contributed by atoms with van der Waals surface area (Å²) in [6.45, 7) is 0.346. The highest BCUT2D eigenvalue weighted by Crippen LogP contribution is 2.37. The first-order valence-electron chi connectivity index (χ1n) is 13.4. The van der Waals surface area contributed by atoms with E-state index < -0.39 is 58.5 Å². The van der Waals surface area contributed by atoms with Gasteiger partial charge in [0.15, 0.2) is 29.1 Å². The molecule has 0 radical (unpaired) electrons. The van der Waals surface area contributed by atoms with Crippen molar-refractivity contribution in [3.8, 4) is 5.75 Å². The van der Waals surface area contributed by atoms with Gasteiger partial charge in [-0.25, -0.2) is 17.6 Å². The summed E-state index contributed by atoms with van der Waals surface area (Å²) in [6, 6.07) is 8.04. The molecule has 0 atom stereocenters. The van der Waals surface area contributed by atoms with Crippen LogP contribution in [-0.2, 0) is 11.0 Å². The molecule has 1 amide bonds. The lowest BCUT2D eigenvalue weighted by atomic mass is 9.83. The van der Waals surface area contributed by atoms with Crippen molar-refractivity contribution in [3.05, 3.63) is 111 Å². The summed E-state index contributed by atoms with van der Waals surface area (Å²) in [5, 5.41) is 2.63. The van der Waals surface area contributed by atoms with E-state index in [0.717, 1.165) is 30.3 Å². The quantitative estimate of drug-likeness (QED) is 0.222. The van der Waals surface area contributed by atoms with Crippen molar-refractivity contribution in [2.45, 2.75) is 25.1 Å². The number of hydrogen-bond donors (Lipinski definition) is 1. The molecule has 1 aliphatic carbocycles. The summed E-state index contributed by atoms with van der Waals surface area (Å²) >= 11 is 0. The van der Waals surface area contributed by atoms with Crippen LogP contribution in [0.15, 0.2) is 65.7 Å². The summed E-state index contributed by atoms with van der Waals surface area (Å²) in [5.41, 5.74) is -1.02. The van der Waals surface area contributed by atoms with E-state index in [1.807, 2.05) is 0 Å². The topological polar surface area (TPSA) is 58.6 Å². The number of rotatable bonds is 8. The maximum absolute atomic E-state index is 13.8. The lowest BCUT2D eigenvalue weighted by molar-refractivity contribution is -0.139. The number of likely N-dealkylation sites (N-methyl/N-ethyl adjacent to an activating group) is 1. The number of ketones is 1. The van der Waals surface area contributed by atoms with Gasteiger partial charge in [-0.1, -0.05) is 12.1 Å². The molecule has 0 saturated heterocycles. The minimum Gasteiger partial charge on any atom is -0.492 e. The lowest BCUT2D eigenvalue weighted by Crippen LogP contribution is -2.39. The van der Waals surface area contributed by atoms with Gasteiger partial charge in [-0.05, 0) is 92.7 Å². The van der Waals surface area contributed by atoms with E-state index in [4.69, 9.17) is 4.74 Å². The van der Waals surface area contributed by atoms with E-state index in [9.17, 15) is 40.3 Å². The Hall–Kier alpha value is -4.45. The molecule has 0 aliphatic heterocycles. The summed E-state index contributed by atoms with van der Waals surface area (Å²) in [7, 11) is 3.47. The Morgan fingerprint density at radius 1 is 0.864 bits per heavy atom. The van der Waals surface area contributed by atoms with Crippen LogP contribution in [0, 0.1) is 23.3 Å². The van der Waals surface area contributed by atoms with Crippen LogP contribution < -0.4 is 10.1 Å². The Labute approximate surface area is 248 Å². The highest BCUT2D eigenvalue weighted by molar-refractivity contribution is 6.14. The van der Waals surface area contributed by atoms with Crippen LogP contribution in [0.5, 0.6) is 5.75 Å². The van der Waals surface area contributed by atoms with Gasteiger partial charge in [0.2, 0.25) is 0 Å². The number of nitrogens with zero attached hydrogens (tertiary/aromatic N) is 1. The summed E-state index contributed by atoms with van der Waals surface area (Å²) < 4.78 is 101. The Balaban J connectivity index is 1.65. The number of carbonyl (C=O) groups is 2. The Bertz CT molecular complexity index is 1560. The fourth-order valence-corrected chi connectivity index (χ4v) is 4.58. The van der Waals surface area contributed by atoms with Gasteiger partial charge in [-0.3, -0.25) is 9.59 Å². The normalized spacial score (nSPS) is 17.4. The van der Waals surface area contributed by atoms with Crippen molar-refractivity contribution in [3.63, 3.8) is 0 Å². The van der Waals surface area contributed by atoms with Crippen LogP contribution in [-0.4, -0.2) is 49.9 Å². The van der Waals surface area contributed by atoms with Crippen molar-refractivity contribution in [2.24, 2.45) is 0 Å². The number of nitrogens with one attached hydrogen (secondary N) is 1. The summed E-state index contributed by atoms with van der Waals surface area (Å²) in [6.07, 6.45) is -2.43. The molecule has 0 spiro atoms. The number of ether oxygens (including phenoxy) is 1. The second-order valence-electron chi connectivity index (χ2n) is 10.5. The SMILES string of the molecule is CN(C)CCOc1ccc(C(=O)NC2CC(=Cc3ccc(F)c(F)c3)C(=O)C(=Cc3ccc(F)c(F)c3)C2)cc1C(F)(F)F. The van der Waals surface area contributed by atoms with Crippen LogP contribution in [0.3, 0.4) is 0 Å². The third-order valence-electron chi connectivity index (χ3n) is 6.76. The smallest absolute Gasteiger partial charge is 0.419 e. The van der Waals surface area contributed by atoms with E-state index in [-0.39, 0.29) is 47.3 Å². The van der Waals surface area contributed by atoms with Crippen molar-refractivity contribution in [1.82, 2.24) is 10.2 Å². The van der Waals surface area contributed by atoms with E-state index >= 15 is 0 Å². The molecule has 1 fully saturated rings. The molecular weight excluding hydrogens is 593 g/mol. The maximum Gasteiger partial charge on any atom is 0.419 e. The minimum atomic E-state index is -4.82. The van der Waals surface area contributed by atoms with E-state index in [1.165, 1.54) is 30.4 Å². The van der Waals surface area contributed by atoms with Gasteiger partial charge >= 0.3 is 6.18 Å². The van der Waals surface area contributed by atoms with Gasteiger partial charge in [0.05, 0.1) is 5.56 Å². The Morgan fingerprint density at radius 3 is 1.89 bits per heavy atom. The van der Waals surface area contributed by atoms with Gasteiger partial charge in [-0.15, -0.1) is 0 Å². The number of alkyl halides is 3.